The van der Waals surface area contributed by atoms with Crippen molar-refractivity contribution in [2.45, 2.75) is 43.0 Å². The minimum atomic E-state index is -6.36. The molecule has 1 N–H and O–H groups in total. The molecule has 18 heteroatoms. The van der Waals surface area contributed by atoms with Crippen LogP contribution in [-0.2, 0) is 0 Å². The number of amides is 1. The highest BCUT2D eigenvalue weighted by Crippen LogP contribution is 2.51. The molecule has 1 aromatic heterocycles. The molecule has 4 atom stereocenters. The smallest absolute Gasteiger partial charge is 0.356 e. The Labute approximate surface area is 215 Å². The molecule has 2 aliphatic rings. The molecule has 214 valence electrons. The lowest BCUT2D eigenvalue weighted by molar-refractivity contribution is -0.254. The minimum absolute atomic E-state index is 0.0579. The van der Waals surface area contributed by atoms with E-state index >= 15 is 0 Å². The van der Waals surface area contributed by atoms with Crippen molar-refractivity contribution >= 4 is 23.2 Å². The molecule has 1 aliphatic carbocycles. The van der Waals surface area contributed by atoms with Crippen LogP contribution in [-0.4, -0.2) is 59.3 Å². The van der Waals surface area contributed by atoms with E-state index in [2.05, 4.69) is 15.6 Å². The Morgan fingerprint density at radius 2 is 1.67 bits per heavy atom. The zero-order chi connectivity index (χ0) is 29.3. The van der Waals surface area contributed by atoms with Gasteiger partial charge in [-0.05, 0) is 24.6 Å². The van der Waals surface area contributed by atoms with Gasteiger partial charge in [-0.1, -0.05) is 16.8 Å². The van der Waals surface area contributed by atoms with Gasteiger partial charge in [0.05, 0.1) is 16.5 Å². The molecule has 2 heterocycles. The topological polar surface area (TPSA) is 70.7 Å². The van der Waals surface area contributed by atoms with Crippen LogP contribution in [0.4, 0.5) is 48.3 Å². The third-order valence-corrected chi connectivity index (χ3v) is 6.49. The molecule has 0 radical (unpaired) electrons. The highest BCUT2D eigenvalue weighted by molar-refractivity contribution is 6.34. The van der Waals surface area contributed by atoms with E-state index in [4.69, 9.17) is 16.1 Å². The fourth-order valence-corrected chi connectivity index (χ4v) is 4.34. The van der Waals surface area contributed by atoms with Crippen LogP contribution in [0.25, 0.3) is 11.3 Å². The Balaban J connectivity index is 1.62. The quantitative estimate of drug-likeness (QED) is 0.405. The third kappa shape index (κ3) is 5.36. The van der Waals surface area contributed by atoms with Crippen LogP contribution in [0.5, 0.6) is 0 Å². The Bertz CT molecular complexity index is 1300. The van der Waals surface area contributed by atoms with Crippen LogP contribution >= 0.6 is 11.6 Å². The second-order valence-electron chi connectivity index (χ2n) is 8.87. The highest BCUT2D eigenvalue weighted by atomic mass is 35.5. The number of nitrogens with one attached hydrogen (secondary N) is 1. The summed E-state index contributed by atoms with van der Waals surface area (Å²) in [4.78, 5) is 12.5. The molecular formula is C21H14ClF11N4O2. The van der Waals surface area contributed by atoms with Crippen LogP contribution < -0.4 is 5.32 Å². The summed E-state index contributed by atoms with van der Waals surface area (Å²) < 4.78 is 151. The number of benzene rings is 1. The number of carbonyl (C=O) groups is 1. The summed E-state index contributed by atoms with van der Waals surface area (Å²) in [5.74, 6) is -12.4. The molecule has 1 aromatic carbocycles. The zero-order valence-electron chi connectivity index (χ0n) is 19.0. The Kier molecular flexibility index (Phi) is 6.84. The van der Waals surface area contributed by atoms with Crippen LogP contribution in [0.15, 0.2) is 33.9 Å². The van der Waals surface area contributed by atoms with Gasteiger partial charge in [-0.2, -0.15) is 53.4 Å². The van der Waals surface area contributed by atoms with Crippen molar-refractivity contribution in [3.05, 3.63) is 40.5 Å². The predicted molar refractivity (Wildman–Crippen MR) is 111 cm³/mol. The normalized spacial score (nSPS) is 24.1. The second kappa shape index (κ2) is 9.23. The lowest BCUT2D eigenvalue weighted by atomic mass is 9.89. The van der Waals surface area contributed by atoms with E-state index in [1.807, 2.05) is 0 Å². The SMILES string of the molecule is CN1N=C(C(F)(F)C(F)(F)F)C(C(F)(F)F)C1c1cc(-c2ccc(Cl)c(C(=O)N[C@H]3C[C@@H]3C(F)(F)F)c2)on1. The first-order valence-electron chi connectivity index (χ1n) is 10.7. The van der Waals surface area contributed by atoms with Gasteiger partial charge in [0.1, 0.15) is 23.4 Å². The number of hydrogen-bond acceptors (Lipinski definition) is 5. The molecule has 1 saturated carbocycles. The van der Waals surface area contributed by atoms with E-state index < -0.39 is 65.7 Å². The van der Waals surface area contributed by atoms with Crippen molar-refractivity contribution in [3.8, 4) is 11.3 Å². The van der Waals surface area contributed by atoms with Crippen molar-refractivity contribution in [1.82, 2.24) is 15.5 Å². The zero-order valence-corrected chi connectivity index (χ0v) is 19.8. The lowest BCUT2D eigenvalue weighted by Crippen LogP contribution is -2.50. The first kappa shape index (κ1) is 28.9. The first-order chi connectivity index (χ1) is 17.7. The fourth-order valence-electron chi connectivity index (χ4n) is 4.14. The molecule has 1 fully saturated rings. The van der Waals surface area contributed by atoms with E-state index in [0.29, 0.717) is 0 Å². The van der Waals surface area contributed by atoms with E-state index in [1.165, 1.54) is 6.07 Å². The summed E-state index contributed by atoms with van der Waals surface area (Å²) in [5, 5.41) is 8.45. The minimum Gasteiger partial charge on any atom is -0.356 e. The van der Waals surface area contributed by atoms with Gasteiger partial charge in [0.25, 0.3) is 5.91 Å². The largest absolute Gasteiger partial charge is 0.459 e. The number of hydrazone groups is 1. The summed E-state index contributed by atoms with van der Waals surface area (Å²) in [6, 6.07) is 0.735. The molecule has 2 unspecified atom stereocenters. The average molecular weight is 599 g/mol. The highest BCUT2D eigenvalue weighted by Gasteiger charge is 2.69. The molecule has 4 rings (SSSR count). The number of halogens is 12. The van der Waals surface area contributed by atoms with Gasteiger partial charge in [-0.25, -0.2) is 0 Å². The second-order valence-corrected chi connectivity index (χ2v) is 9.28. The van der Waals surface area contributed by atoms with Gasteiger partial charge in [0, 0.05) is 24.7 Å². The van der Waals surface area contributed by atoms with Crippen LogP contribution in [0.3, 0.4) is 0 Å². The summed E-state index contributed by atoms with van der Waals surface area (Å²) in [6.45, 7) is 0. The van der Waals surface area contributed by atoms with E-state index in [1.54, 1.807) is 0 Å². The molecule has 0 spiro atoms. The summed E-state index contributed by atoms with van der Waals surface area (Å²) in [6.07, 6.45) is -16.8. The van der Waals surface area contributed by atoms with Gasteiger partial charge in [0.2, 0.25) is 0 Å². The van der Waals surface area contributed by atoms with Gasteiger partial charge in [-0.15, -0.1) is 0 Å². The van der Waals surface area contributed by atoms with Crippen molar-refractivity contribution in [2.24, 2.45) is 16.9 Å². The summed E-state index contributed by atoms with van der Waals surface area (Å²) in [5.41, 5.74) is -3.56. The van der Waals surface area contributed by atoms with E-state index in [0.717, 1.165) is 25.2 Å². The Morgan fingerprint density at radius 3 is 2.21 bits per heavy atom. The molecule has 39 heavy (non-hydrogen) atoms. The molecule has 1 amide bonds. The van der Waals surface area contributed by atoms with Crippen LogP contribution in [0, 0.1) is 11.8 Å². The molecule has 2 aromatic rings. The third-order valence-electron chi connectivity index (χ3n) is 6.16. The van der Waals surface area contributed by atoms with Crippen molar-refractivity contribution < 1.29 is 57.6 Å². The number of aromatic nitrogens is 1. The van der Waals surface area contributed by atoms with Crippen molar-refractivity contribution in [1.29, 1.82) is 0 Å². The van der Waals surface area contributed by atoms with Crippen LogP contribution in [0.2, 0.25) is 5.02 Å². The lowest BCUT2D eigenvalue weighted by Gasteiger charge is -2.28. The molecule has 0 bridgehead atoms. The summed E-state index contributed by atoms with van der Waals surface area (Å²) >= 11 is 5.96. The number of rotatable bonds is 5. The fraction of sp³-hybridized carbons (Fsp3) is 0.476. The Hall–Kier alpha value is -3.11. The maximum atomic E-state index is 14.0. The van der Waals surface area contributed by atoms with Crippen molar-refractivity contribution in [3.63, 3.8) is 0 Å². The number of nitrogens with zero attached hydrogens (tertiary/aromatic N) is 3. The maximum absolute atomic E-state index is 14.0. The molecule has 1 aliphatic heterocycles. The van der Waals surface area contributed by atoms with Gasteiger partial charge < -0.3 is 9.84 Å². The number of carbonyl (C=O) groups excluding carboxylic acids is 1. The number of alkyl halides is 11. The number of hydrogen-bond donors (Lipinski definition) is 1. The monoisotopic (exact) mass is 598 g/mol. The van der Waals surface area contributed by atoms with E-state index in [-0.39, 0.29) is 33.3 Å². The first-order valence-corrected chi connectivity index (χ1v) is 11.1. The van der Waals surface area contributed by atoms with Crippen molar-refractivity contribution in [2.75, 3.05) is 7.05 Å². The van der Waals surface area contributed by atoms with Gasteiger partial charge in [0.15, 0.2) is 5.76 Å². The average Bonchev–Trinajstić information content (AvgIpc) is 3.23. The van der Waals surface area contributed by atoms with E-state index in [9.17, 15) is 53.1 Å². The molecule has 6 nitrogen and oxygen atoms in total. The Morgan fingerprint density at radius 1 is 1.03 bits per heavy atom. The standard InChI is InChI=1S/C21H14ClF11N4O2/c1-37-15(14(20(28,29)30)16(35-37)18(23,24)21(31,32)33)12-6-13(39-36-12)7-2-3-10(22)8(4-7)17(38)34-11-5-9(11)19(25,26)27/h2-4,6,9,11,14-15H,5H2,1H3,(H,34,38)/t9-,11-,14?,15?/m0/s1. The van der Waals surface area contributed by atoms with Gasteiger partial charge >= 0.3 is 24.5 Å². The summed E-state index contributed by atoms with van der Waals surface area (Å²) in [7, 11) is 0.744. The molecular weight excluding hydrogens is 585 g/mol. The molecule has 0 saturated heterocycles. The predicted octanol–water partition coefficient (Wildman–Crippen LogP) is 6.39. The maximum Gasteiger partial charge on any atom is 0.459 e. The van der Waals surface area contributed by atoms with Gasteiger partial charge in [-0.3, -0.25) is 9.80 Å². The van der Waals surface area contributed by atoms with Crippen LogP contribution in [0.1, 0.15) is 28.5 Å².